The fraction of sp³-hybridized carbons (Fsp3) is 0.419. The highest BCUT2D eigenvalue weighted by Crippen LogP contribution is 2.47. The molecule has 6 rings (SSSR count). The molecule has 1 amide bonds. The van der Waals surface area contributed by atoms with Crippen LogP contribution >= 0.6 is 11.6 Å². The van der Waals surface area contributed by atoms with Crippen LogP contribution in [0.2, 0.25) is 5.02 Å². The molecule has 0 bridgehead atoms. The van der Waals surface area contributed by atoms with Crippen LogP contribution in [-0.2, 0) is 24.3 Å². The summed E-state index contributed by atoms with van der Waals surface area (Å²) in [5.41, 5.74) is 1.66. The number of phenols is 1. The Kier molecular flexibility index (Phi) is 8.08. The maximum absolute atomic E-state index is 14.9. The second-order valence-electron chi connectivity index (χ2n) is 11.6. The van der Waals surface area contributed by atoms with Gasteiger partial charge in [-0.2, -0.15) is 4.39 Å². The van der Waals surface area contributed by atoms with Crippen molar-refractivity contribution in [2.24, 2.45) is 0 Å². The van der Waals surface area contributed by atoms with Crippen LogP contribution < -0.4 is 25.2 Å². The minimum atomic E-state index is -0.877. The van der Waals surface area contributed by atoms with Crippen molar-refractivity contribution in [2.45, 2.75) is 45.8 Å². The van der Waals surface area contributed by atoms with Crippen molar-refractivity contribution in [3.8, 4) is 28.4 Å². The first-order valence-corrected chi connectivity index (χ1v) is 15.1. The number of aromatic hydroxyl groups is 1. The zero-order valence-electron chi connectivity index (χ0n) is 25.8. The molecule has 5 heterocycles. The molecule has 3 aromatic heterocycles. The molecule has 0 spiro atoms. The number of fused-ring (bicyclic) bond motifs is 2. The Morgan fingerprint density at radius 1 is 1.16 bits per heavy atom. The van der Waals surface area contributed by atoms with Crippen LogP contribution in [0.25, 0.3) is 22.2 Å². The van der Waals surface area contributed by atoms with E-state index in [1.54, 1.807) is 34.4 Å². The number of phenolic OH excluding ortho intramolecular Hbond substituents is 1. The lowest BCUT2D eigenvalue weighted by Crippen LogP contribution is -2.50. The minimum absolute atomic E-state index is 0.0798. The highest BCUT2D eigenvalue weighted by atomic mass is 35.5. The molecular formula is C31H35ClFN7O5. The monoisotopic (exact) mass is 639 g/mol. The summed E-state index contributed by atoms with van der Waals surface area (Å²) in [6.07, 6.45) is 3.07. The van der Waals surface area contributed by atoms with E-state index in [1.807, 2.05) is 18.9 Å². The number of likely N-dealkylation sites (N-methyl/N-ethyl adjacent to an activating group) is 1. The normalized spacial score (nSPS) is 16.7. The Labute approximate surface area is 263 Å². The highest BCUT2D eigenvalue weighted by molar-refractivity contribution is 6.33. The zero-order valence-corrected chi connectivity index (χ0v) is 26.5. The quantitative estimate of drug-likeness (QED) is 0.290. The number of hydrogen-bond acceptors (Lipinski definition) is 9. The molecule has 4 aromatic rings. The maximum Gasteiger partial charge on any atom is 0.263 e. The van der Waals surface area contributed by atoms with Crippen molar-refractivity contribution >= 4 is 40.0 Å². The Bertz CT molecular complexity index is 1890. The van der Waals surface area contributed by atoms with Gasteiger partial charge in [0.1, 0.15) is 28.9 Å². The van der Waals surface area contributed by atoms with Crippen LogP contribution in [0.4, 0.5) is 15.9 Å². The fourth-order valence-corrected chi connectivity index (χ4v) is 6.50. The van der Waals surface area contributed by atoms with E-state index in [0.29, 0.717) is 58.9 Å². The molecule has 238 valence electrons. The van der Waals surface area contributed by atoms with Gasteiger partial charge in [-0.05, 0) is 38.9 Å². The summed E-state index contributed by atoms with van der Waals surface area (Å²) in [6.45, 7) is 6.25. The molecule has 1 atom stereocenters. The molecule has 1 aromatic carbocycles. The topological polar surface area (TPSA) is 127 Å². The van der Waals surface area contributed by atoms with Gasteiger partial charge in [0.25, 0.3) is 5.56 Å². The first kappa shape index (κ1) is 30.7. The number of ether oxygens (including phenoxy) is 2. The first-order chi connectivity index (χ1) is 21.5. The number of rotatable bonds is 7. The van der Waals surface area contributed by atoms with Gasteiger partial charge in [-0.1, -0.05) is 11.6 Å². The van der Waals surface area contributed by atoms with E-state index in [0.717, 1.165) is 19.5 Å². The predicted octanol–water partition coefficient (Wildman–Crippen LogP) is 3.81. The van der Waals surface area contributed by atoms with Crippen molar-refractivity contribution in [1.29, 1.82) is 0 Å². The Morgan fingerprint density at radius 2 is 1.91 bits per heavy atom. The van der Waals surface area contributed by atoms with Gasteiger partial charge in [-0.3, -0.25) is 14.2 Å². The van der Waals surface area contributed by atoms with Crippen LogP contribution in [0.3, 0.4) is 0 Å². The van der Waals surface area contributed by atoms with Crippen LogP contribution in [0, 0.1) is 12.9 Å². The number of nitrogens with zero attached hydrogens (tertiary/aromatic N) is 6. The summed E-state index contributed by atoms with van der Waals surface area (Å²) in [5, 5.41) is 13.4. The molecule has 2 N–H and O–H groups in total. The molecule has 12 nitrogen and oxygen atoms in total. The van der Waals surface area contributed by atoms with Gasteiger partial charge < -0.3 is 34.3 Å². The summed E-state index contributed by atoms with van der Waals surface area (Å²) < 4.78 is 29.2. The van der Waals surface area contributed by atoms with Crippen LogP contribution in [0.15, 0.2) is 23.1 Å². The second-order valence-corrected chi connectivity index (χ2v) is 12.0. The van der Waals surface area contributed by atoms with Gasteiger partial charge in [-0.25, -0.2) is 9.97 Å². The molecular weight excluding hydrogens is 605 g/mol. The third kappa shape index (κ3) is 5.33. The lowest BCUT2D eigenvalue weighted by atomic mass is 10.0. The summed E-state index contributed by atoms with van der Waals surface area (Å²) in [5.74, 6) is -0.0796. The van der Waals surface area contributed by atoms with Crippen LogP contribution in [0.5, 0.6) is 17.2 Å². The Hall–Kier alpha value is -4.36. The smallest absolute Gasteiger partial charge is 0.263 e. The molecule has 0 radical (unpaired) electrons. The van der Waals surface area contributed by atoms with E-state index in [1.165, 1.54) is 14.2 Å². The van der Waals surface area contributed by atoms with Gasteiger partial charge in [0.05, 0.1) is 25.3 Å². The Balaban J connectivity index is 1.41. The van der Waals surface area contributed by atoms with Crippen molar-refractivity contribution < 1.29 is 23.8 Å². The molecule has 0 unspecified atom stereocenters. The number of aromatic nitrogens is 4. The van der Waals surface area contributed by atoms with Crippen molar-refractivity contribution in [3.05, 3.63) is 51.0 Å². The number of methoxy groups -OCH3 is 2. The first-order valence-electron chi connectivity index (χ1n) is 14.7. The predicted molar refractivity (Wildman–Crippen MR) is 169 cm³/mol. The number of carbonyl (C=O) groups excluding carboxylic acids is 1. The number of piperazine rings is 1. The molecule has 14 heteroatoms. The standard InChI is InChI=1S/C31H35ClFN7O5/c1-16-11-18(27(44-4)28(45-5)26(16)42)19-14-38(30-24(19)31(43)40-8-6-7-21(40)36-30)15-23(41)34-20-12-22(35-29(33)25(20)32)39-10-9-37(3)13-17(39)2/h11-12,14,17,42H,6-10,13,15H2,1-5H3,(H,34,35,41)/t17-/m0/s1. The lowest BCUT2D eigenvalue weighted by Gasteiger charge is -2.39. The van der Waals surface area contributed by atoms with Crippen molar-refractivity contribution in [3.63, 3.8) is 0 Å². The average molecular weight is 640 g/mol. The number of pyridine rings is 1. The third-order valence-corrected chi connectivity index (χ3v) is 8.91. The minimum Gasteiger partial charge on any atom is -0.504 e. The van der Waals surface area contributed by atoms with E-state index in [9.17, 15) is 19.1 Å². The highest BCUT2D eigenvalue weighted by Gasteiger charge is 2.28. The summed E-state index contributed by atoms with van der Waals surface area (Å²) in [7, 11) is 4.89. The molecule has 0 aliphatic carbocycles. The third-order valence-electron chi connectivity index (χ3n) is 8.55. The molecule has 1 saturated heterocycles. The van der Waals surface area contributed by atoms with Crippen LogP contribution in [0.1, 0.15) is 24.7 Å². The number of hydrogen-bond donors (Lipinski definition) is 2. The fourth-order valence-electron chi connectivity index (χ4n) is 6.35. The zero-order chi connectivity index (χ0) is 32.2. The van der Waals surface area contributed by atoms with E-state index >= 15 is 0 Å². The van der Waals surface area contributed by atoms with Gasteiger partial charge in [-0.15, -0.1) is 0 Å². The molecule has 2 aliphatic heterocycles. The van der Waals surface area contributed by atoms with E-state index < -0.39 is 11.9 Å². The second kappa shape index (κ2) is 11.9. The molecule has 1 fully saturated rings. The van der Waals surface area contributed by atoms with Crippen molar-refractivity contribution in [2.75, 3.05) is 51.1 Å². The van der Waals surface area contributed by atoms with E-state index in [2.05, 4.69) is 15.2 Å². The number of aryl methyl sites for hydroxylation is 2. The van der Waals surface area contributed by atoms with Gasteiger partial charge >= 0.3 is 0 Å². The summed E-state index contributed by atoms with van der Waals surface area (Å²) >= 11 is 6.28. The average Bonchev–Trinajstić information content (AvgIpc) is 3.62. The lowest BCUT2D eigenvalue weighted by molar-refractivity contribution is -0.116. The molecule has 0 saturated carbocycles. The summed E-state index contributed by atoms with van der Waals surface area (Å²) in [6, 6.07) is 3.36. The SMILES string of the molecule is COc1c(-c2cn(CC(=O)Nc3cc(N4CCN(C)C[C@@H]4C)nc(F)c3Cl)c3nc4n(c(=O)c23)CCC4)cc(C)c(O)c1OC. The number of benzene rings is 1. The summed E-state index contributed by atoms with van der Waals surface area (Å²) in [4.78, 5) is 40.4. The van der Waals surface area contributed by atoms with E-state index in [-0.39, 0.29) is 46.1 Å². The van der Waals surface area contributed by atoms with E-state index in [4.69, 9.17) is 26.1 Å². The Morgan fingerprint density at radius 3 is 2.62 bits per heavy atom. The van der Waals surface area contributed by atoms with Gasteiger partial charge in [0, 0.05) is 62.0 Å². The van der Waals surface area contributed by atoms with Crippen molar-refractivity contribution in [1.82, 2.24) is 24.0 Å². The number of amides is 1. The number of anilines is 2. The number of halogens is 2. The number of nitrogens with one attached hydrogen (secondary N) is 1. The molecule has 45 heavy (non-hydrogen) atoms. The largest absolute Gasteiger partial charge is 0.504 e. The van der Waals surface area contributed by atoms with Gasteiger partial charge in [0.2, 0.25) is 17.6 Å². The maximum atomic E-state index is 14.9. The van der Waals surface area contributed by atoms with Crippen LogP contribution in [-0.4, -0.2) is 82.0 Å². The molecule has 2 aliphatic rings. The number of carbonyl (C=O) groups is 1. The van der Waals surface area contributed by atoms with Gasteiger partial charge in [0.15, 0.2) is 11.5 Å².